The number of carbonyl (C=O) groups is 1. The average molecular weight is 306 g/mol. The van der Waals surface area contributed by atoms with E-state index in [1.165, 1.54) is 0 Å². The Morgan fingerprint density at radius 2 is 2.00 bits per heavy atom. The molecule has 0 aliphatic heterocycles. The second-order valence-corrected chi connectivity index (χ2v) is 7.75. The number of nitrogens with zero attached hydrogens (tertiary/aromatic N) is 1. The van der Waals surface area contributed by atoms with Gasteiger partial charge in [-0.2, -0.15) is 0 Å². The van der Waals surface area contributed by atoms with E-state index in [1.54, 1.807) is 0 Å². The van der Waals surface area contributed by atoms with E-state index in [9.17, 15) is 4.79 Å². The molecule has 1 atom stereocenters. The van der Waals surface area contributed by atoms with Crippen LogP contribution in [0.4, 0.5) is 0 Å². The van der Waals surface area contributed by atoms with E-state index in [0.717, 1.165) is 22.9 Å². The van der Waals surface area contributed by atoms with Crippen LogP contribution in [0.25, 0.3) is 10.9 Å². The van der Waals surface area contributed by atoms with Crippen molar-refractivity contribution in [3.63, 3.8) is 0 Å². The molecule has 1 aromatic heterocycles. The Labute approximate surface area is 132 Å². The summed E-state index contributed by atoms with van der Waals surface area (Å²) in [5.74, 6) is 0.611. The van der Waals surface area contributed by atoms with Gasteiger partial charge in [0.2, 0.25) is 0 Å². The maximum Gasteiger partial charge on any atom is 0.165 e. The van der Waals surface area contributed by atoms with Crippen molar-refractivity contribution in [2.24, 2.45) is 18.4 Å². The summed E-state index contributed by atoms with van der Waals surface area (Å²) >= 11 is 6.04. The van der Waals surface area contributed by atoms with E-state index in [1.807, 2.05) is 36.0 Å². The molecule has 21 heavy (non-hydrogen) atoms. The molecule has 2 rings (SSSR count). The number of aromatic nitrogens is 1. The Hall–Kier alpha value is -1.28. The van der Waals surface area contributed by atoms with Gasteiger partial charge in [-0.05, 0) is 29.9 Å². The van der Waals surface area contributed by atoms with E-state index in [-0.39, 0.29) is 11.2 Å². The molecule has 0 N–H and O–H groups in total. The van der Waals surface area contributed by atoms with Crippen LogP contribution in [0.15, 0.2) is 24.4 Å². The lowest BCUT2D eigenvalue weighted by molar-refractivity contribution is 0.0956. The van der Waals surface area contributed by atoms with E-state index >= 15 is 0 Å². The quantitative estimate of drug-likeness (QED) is 0.686. The minimum atomic E-state index is 0.222. The predicted octanol–water partition coefficient (Wildman–Crippen LogP) is 5.48. The molecule has 0 saturated carbocycles. The minimum absolute atomic E-state index is 0.222. The first-order valence-corrected chi connectivity index (χ1v) is 7.83. The van der Waals surface area contributed by atoms with Gasteiger partial charge in [0, 0.05) is 41.2 Å². The van der Waals surface area contributed by atoms with Gasteiger partial charge in [0.1, 0.15) is 0 Å². The van der Waals surface area contributed by atoms with Gasteiger partial charge in [-0.3, -0.25) is 4.79 Å². The highest BCUT2D eigenvalue weighted by atomic mass is 35.5. The third-order valence-electron chi connectivity index (χ3n) is 3.75. The molecule has 0 aliphatic carbocycles. The molecule has 3 heteroatoms. The third kappa shape index (κ3) is 3.88. The normalized spacial score (nSPS) is 13.6. The molecule has 0 fully saturated rings. The molecule has 0 amide bonds. The fourth-order valence-corrected chi connectivity index (χ4v) is 3.29. The third-order valence-corrected chi connectivity index (χ3v) is 3.98. The van der Waals surface area contributed by atoms with Crippen LogP contribution in [0.3, 0.4) is 0 Å². The largest absolute Gasteiger partial charge is 0.350 e. The lowest BCUT2D eigenvalue weighted by atomic mass is 9.83. The van der Waals surface area contributed by atoms with Gasteiger partial charge < -0.3 is 4.57 Å². The van der Waals surface area contributed by atoms with Crippen LogP contribution in [0, 0.1) is 11.3 Å². The fourth-order valence-electron chi connectivity index (χ4n) is 3.12. The molecule has 0 aliphatic rings. The Balaban J connectivity index is 2.24. The van der Waals surface area contributed by atoms with Crippen LogP contribution in [0.1, 0.15) is 50.9 Å². The molecule has 0 saturated heterocycles. The topological polar surface area (TPSA) is 22.0 Å². The molecule has 2 nitrogen and oxygen atoms in total. The van der Waals surface area contributed by atoms with E-state index < -0.39 is 0 Å². The summed E-state index contributed by atoms with van der Waals surface area (Å²) in [4.78, 5) is 12.6. The van der Waals surface area contributed by atoms with Crippen molar-refractivity contribution in [2.45, 2.75) is 40.5 Å². The number of hydrogen-bond acceptors (Lipinski definition) is 1. The first kappa shape index (κ1) is 16.1. The van der Waals surface area contributed by atoms with Gasteiger partial charge >= 0.3 is 0 Å². The van der Waals surface area contributed by atoms with Crippen LogP contribution in [0.2, 0.25) is 5.02 Å². The number of fused-ring (bicyclic) bond motifs is 1. The minimum Gasteiger partial charge on any atom is -0.350 e. The number of benzene rings is 1. The van der Waals surface area contributed by atoms with Gasteiger partial charge in [0.05, 0.1) is 0 Å². The molecule has 114 valence electrons. The van der Waals surface area contributed by atoms with Crippen molar-refractivity contribution < 1.29 is 4.79 Å². The summed E-state index contributed by atoms with van der Waals surface area (Å²) in [5.41, 5.74) is 2.07. The van der Waals surface area contributed by atoms with Crippen LogP contribution < -0.4 is 0 Å². The van der Waals surface area contributed by atoms with E-state index in [2.05, 4.69) is 27.7 Å². The number of halogens is 1. The summed E-state index contributed by atoms with van der Waals surface area (Å²) < 4.78 is 1.98. The maximum absolute atomic E-state index is 12.6. The van der Waals surface area contributed by atoms with Crippen molar-refractivity contribution in [3.05, 3.63) is 35.0 Å². The zero-order valence-corrected chi connectivity index (χ0v) is 14.3. The molecule has 1 unspecified atom stereocenters. The fraction of sp³-hybridized carbons (Fsp3) is 0.500. The lowest BCUT2D eigenvalue weighted by Crippen LogP contribution is -2.14. The first-order chi connectivity index (χ1) is 9.67. The highest BCUT2D eigenvalue weighted by molar-refractivity contribution is 6.31. The Morgan fingerprint density at radius 1 is 1.33 bits per heavy atom. The number of carbonyl (C=O) groups excluding carboxylic acids is 1. The molecular weight excluding hydrogens is 282 g/mol. The SMILES string of the molecule is CC(CC(=O)c1cn(C)c2cc(Cl)ccc12)CC(C)(C)C. The Morgan fingerprint density at radius 3 is 2.62 bits per heavy atom. The number of ketones is 1. The average Bonchev–Trinajstić information content (AvgIpc) is 2.64. The first-order valence-electron chi connectivity index (χ1n) is 7.45. The second kappa shape index (κ2) is 5.84. The summed E-state index contributed by atoms with van der Waals surface area (Å²) in [5, 5.41) is 1.69. The van der Waals surface area contributed by atoms with Crippen molar-refractivity contribution in [3.8, 4) is 0 Å². The van der Waals surface area contributed by atoms with Crippen LogP contribution in [-0.4, -0.2) is 10.4 Å². The Bertz CT molecular complexity index is 664. The monoisotopic (exact) mass is 305 g/mol. The van der Waals surface area contributed by atoms with Gasteiger partial charge in [-0.25, -0.2) is 0 Å². The number of Topliss-reactive ketones (excluding diaryl/α,β-unsaturated/α-hetero) is 1. The van der Waals surface area contributed by atoms with Gasteiger partial charge in [0.15, 0.2) is 5.78 Å². The van der Waals surface area contributed by atoms with Crippen molar-refractivity contribution >= 4 is 28.3 Å². The van der Waals surface area contributed by atoms with Gasteiger partial charge in [0.25, 0.3) is 0 Å². The summed E-state index contributed by atoms with van der Waals surface area (Å²) in [6.45, 7) is 8.81. The molecular formula is C18H24ClNO. The predicted molar refractivity (Wildman–Crippen MR) is 90.1 cm³/mol. The van der Waals surface area contributed by atoms with Crippen LogP contribution >= 0.6 is 11.6 Å². The second-order valence-electron chi connectivity index (χ2n) is 7.31. The smallest absolute Gasteiger partial charge is 0.165 e. The van der Waals surface area contributed by atoms with Crippen molar-refractivity contribution in [1.82, 2.24) is 4.57 Å². The molecule has 0 spiro atoms. The molecule has 0 bridgehead atoms. The zero-order chi connectivity index (χ0) is 15.8. The molecule has 1 aromatic carbocycles. The molecule has 2 aromatic rings. The molecule has 1 heterocycles. The van der Waals surface area contributed by atoms with Crippen LogP contribution in [-0.2, 0) is 7.05 Å². The van der Waals surface area contributed by atoms with Crippen molar-refractivity contribution in [2.75, 3.05) is 0 Å². The summed E-state index contributed by atoms with van der Waals surface area (Å²) in [6.07, 6.45) is 3.57. The maximum atomic E-state index is 12.6. The lowest BCUT2D eigenvalue weighted by Gasteiger charge is -2.22. The molecule has 0 radical (unpaired) electrons. The standard InChI is InChI=1S/C18H24ClNO/c1-12(10-18(2,3)4)8-17(21)15-11-20(5)16-9-13(19)6-7-14(15)16/h6-7,9,11-12H,8,10H2,1-5H3. The highest BCUT2D eigenvalue weighted by Gasteiger charge is 2.20. The Kier molecular flexibility index (Phi) is 4.48. The zero-order valence-electron chi connectivity index (χ0n) is 13.5. The van der Waals surface area contributed by atoms with E-state index in [0.29, 0.717) is 17.4 Å². The van der Waals surface area contributed by atoms with E-state index in [4.69, 9.17) is 11.6 Å². The van der Waals surface area contributed by atoms with Crippen molar-refractivity contribution in [1.29, 1.82) is 0 Å². The number of rotatable bonds is 4. The summed E-state index contributed by atoms with van der Waals surface area (Å²) in [6, 6.07) is 5.70. The number of aryl methyl sites for hydroxylation is 1. The van der Waals surface area contributed by atoms with Gasteiger partial charge in [-0.15, -0.1) is 0 Å². The van der Waals surface area contributed by atoms with Crippen LogP contribution in [0.5, 0.6) is 0 Å². The highest BCUT2D eigenvalue weighted by Crippen LogP contribution is 2.29. The summed E-state index contributed by atoms with van der Waals surface area (Å²) in [7, 11) is 1.95. The number of hydrogen-bond donors (Lipinski definition) is 0. The van der Waals surface area contributed by atoms with Gasteiger partial charge in [-0.1, -0.05) is 45.4 Å².